The number of esters is 1. The molecule has 1 aromatic rings. The van der Waals surface area contributed by atoms with Crippen LogP contribution in [0, 0.1) is 56.7 Å². The lowest BCUT2D eigenvalue weighted by atomic mass is 9.31. The highest BCUT2D eigenvalue weighted by Gasteiger charge is 2.78. The van der Waals surface area contributed by atoms with Gasteiger partial charge in [0.15, 0.2) is 5.79 Å². The predicted molar refractivity (Wildman–Crippen MR) is 179 cm³/mol. The molecule has 1 aliphatic heterocycles. The summed E-state index contributed by atoms with van der Waals surface area (Å²) < 4.78 is 20.8. The van der Waals surface area contributed by atoms with Gasteiger partial charge in [0.25, 0.3) is 0 Å². The normalized spacial score (nSPS) is 47.3. The third-order valence-electron chi connectivity index (χ3n) is 15.6. The number of benzene rings is 1. The molecule has 246 valence electrons. The van der Waals surface area contributed by atoms with Gasteiger partial charge in [0.05, 0.1) is 17.6 Å². The lowest BCUT2D eigenvalue weighted by Gasteiger charge is -2.73. The number of ether oxygens (including phenoxy) is 3. The average molecular weight is 615 g/mol. The molecule has 0 unspecified atom stereocenters. The Kier molecular flexibility index (Phi) is 7.07. The minimum absolute atomic E-state index is 0.0251. The minimum Gasteiger partial charge on any atom is -0.460 e. The van der Waals surface area contributed by atoms with E-state index in [0.29, 0.717) is 36.7 Å². The van der Waals surface area contributed by atoms with Crippen molar-refractivity contribution in [3.05, 3.63) is 59.7 Å². The van der Waals surface area contributed by atoms with Crippen LogP contribution in [0.1, 0.15) is 113 Å². The summed E-state index contributed by atoms with van der Waals surface area (Å²) in [5, 5.41) is 0. The van der Waals surface area contributed by atoms with Crippen LogP contribution < -0.4 is 0 Å². The second-order valence-corrected chi connectivity index (χ2v) is 18.0. The van der Waals surface area contributed by atoms with Gasteiger partial charge in [-0.1, -0.05) is 88.8 Å². The van der Waals surface area contributed by atoms with E-state index in [0.717, 1.165) is 37.7 Å². The summed E-state index contributed by atoms with van der Waals surface area (Å²) in [5.74, 6) is 1.16. The maximum atomic E-state index is 14.6. The van der Waals surface area contributed by atoms with Crippen molar-refractivity contribution in [1.82, 2.24) is 0 Å². The number of fused-ring (bicyclic) bond motifs is 4. The van der Waals surface area contributed by atoms with Crippen LogP contribution in [0.4, 0.5) is 0 Å². The van der Waals surface area contributed by atoms with E-state index in [1.807, 2.05) is 30.3 Å². The fourth-order valence-electron chi connectivity index (χ4n) is 13.1. The molecule has 1 heterocycles. The van der Waals surface area contributed by atoms with Crippen LogP contribution in [0.2, 0.25) is 0 Å². The zero-order chi connectivity index (χ0) is 32.4. The van der Waals surface area contributed by atoms with Crippen molar-refractivity contribution in [2.24, 2.45) is 56.7 Å². The molecule has 0 N–H and O–H groups in total. The van der Waals surface area contributed by atoms with Gasteiger partial charge < -0.3 is 14.2 Å². The lowest BCUT2D eigenvalue weighted by molar-refractivity contribution is -0.277. The van der Waals surface area contributed by atoms with Crippen LogP contribution in [0.25, 0.3) is 0 Å². The van der Waals surface area contributed by atoms with Crippen LogP contribution >= 0.6 is 0 Å². The Bertz CT molecular complexity index is 1410. The Morgan fingerprint density at radius 3 is 2.31 bits per heavy atom. The Balaban J connectivity index is 1.36. The predicted octanol–water partition coefficient (Wildman–Crippen LogP) is 9.68. The van der Waals surface area contributed by atoms with Crippen molar-refractivity contribution >= 4 is 5.97 Å². The fraction of sp³-hybridized carbons (Fsp3) is 0.732. The molecule has 0 aromatic heterocycles. The Labute approximate surface area is 272 Å². The topological polar surface area (TPSA) is 44.8 Å². The fourth-order valence-corrected chi connectivity index (χ4v) is 13.1. The van der Waals surface area contributed by atoms with E-state index in [1.165, 1.54) is 17.6 Å². The van der Waals surface area contributed by atoms with E-state index in [-0.39, 0.29) is 45.8 Å². The van der Waals surface area contributed by atoms with E-state index in [2.05, 4.69) is 75.0 Å². The molecule has 1 aromatic carbocycles. The van der Waals surface area contributed by atoms with Crippen molar-refractivity contribution in [1.29, 1.82) is 0 Å². The minimum atomic E-state index is -0.737. The molecule has 4 nitrogen and oxygen atoms in total. The number of rotatable bonds is 4. The molecule has 1 saturated heterocycles. The first-order valence-corrected chi connectivity index (χ1v) is 17.9. The molecular formula is C41H58O4. The number of carbonyl (C=O) groups is 1. The van der Waals surface area contributed by atoms with E-state index in [9.17, 15) is 4.79 Å². The summed E-state index contributed by atoms with van der Waals surface area (Å²) in [7, 11) is 0. The summed E-state index contributed by atoms with van der Waals surface area (Å²) in [6.45, 7) is 26.4. The zero-order valence-electron chi connectivity index (χ0n) is 29.5. The number of hydrogen-bond donors (Lipinski definition) is 0. The maximum absolute atomic E-state index is 14.6. The number of carbonyl (C=O) groups excluding carboxylic acids is 1. The molecule has 4 saturated carbocycles. The van der Waals surface area contributed by atoms with Crippen LogP contribution in [-0.2, 0) is 25.6 Å². The van der Waals surface area contributed by atoms with Gasteiger partial charge in [-0.05, 0) is 119 Å². The average Bonchev–Trinajstić information content (AvgIpc) is 3.34. The second kappa shape index (κ2) is 10.0. The maximum Gasteiger partial charge on any atom is 0.312 e. The van der Waals surface area contributed by atoms with Gasteiger partial charge in [-0.2, -0.15) is 0 Å². The molecule has 6 aliphatic rings. The molecule has 0 radical (unpaired) electrons. The van der Waals surface area contributed by atoms with Gasteiger partial charge in [-0.25, -0.2) is 0 Å². The third kappa shape index (κ3) is 4.12. The van der Waals surface area contributed by atoms with Crippen LogP contribution in [-0.4, -0.2) is 24.0 Å². The largest absolute Gasteiger partial charge is 0.460 e. The van der Waals surface area contributed by atoms with E-state index >= 15 is 0 Å². The van der Waals surface area contributed by atoms with Gasteiger partial charge >= 0.3 is 5.97 Å². The summed E-state index contributed by atoms with van der Waals surface area (Å²) >= 11 is 0. The summed E-state index contributed by atoms with van der Waals surface area (Å²) in [5.41, 5.74) is 3.31. The van der Waals surface area contributed by atoms with E-state index in [1.54, 1.807) is 0 Å². The standard InChI is InChI=1S/C41H58O4/c1-25(2)28-19-21-41(35(42)43-24-27-14-12-11-13-15-27)23-33-39(9)29(34(28)41)16-17-30-38(8)20-18-26(3)36(4,5)31(38)22-32(40(30,39)10)44-37(6,7)45-33/h11-15,18,28-34H,1,16-17,19-24H2,2-10H3/t28-,29+,30+,31-,32-,33-,34+,38+,39-,40-,41-/m0/s1. The first-order chi connectivity index (χ1) is 21.0. The smallest absolute Gasteiger partial charge is 0.312 e. The SMILES string of the molecule is C=C(C)[C@@H]1CC[C@]2(C(=O)OCc3ccccc3)C[C@@H]3OC(C)(C)O[C@H]4C[C@H]5C(C)(C)C(C)=CC[C@]5(C)[C@H]5CC[C@H]([C@@H]12)[C@]3(C)[C@]45C. The molecule has 7 rings (SSSR count). The van der Waals surface area contributed by atoms with Gasteiger partial charge in [-0.3, -0.25) is 4.79 Å². The van der Waals surface area contributed by atoms with Crippen LogP contribution in [0.3, 0.4) is 0 Å². The van der Waals surface area contributed by atoms with Crippen LogP contribution in [0.15, 0.2) is 54.1 Å². The molecule has 0 bridgehead atoms. The van der Waals surface area contributed by atoms with Crippen molar-refractivity contribution in [2.75, 3.05) is 0 Å². The monoisotopic (exact) mass is 614 g/mol. The van der Waals surface area contributed by atoms with Crippen molar-refractivity contribution in [3.8, 4) is 0 Å². The molecule has 0 amide bonds. The Hall–Kier alpha value is -1.91. The van der Waals surface area contributed by atoms with Crippen molar-refractivity contribution in [3.63, 3.8) is 0 Å². The van der Waals surface area contributed by atoms with Crippen molar-refractivity contribution in [2.45, 2.75) is 132 Å². The molecule has 11 atom stereocenters. The van der Waals surface area contributed by atoms with E-state index < -0.39 is 11.2 Å². The first-order valence-electron chi connectivity index (χ1n) is 17.9. The first kappa shape index (κ1) is 31.7. The molecule has 5 aliphatic carbocycles. The summed E-state index contributed by atoms with van der Waals surface area (Å²) in [6, 6.07) is 10.1. The lowest BCUT2D eigenvalue weighted by Crippen LogP contribution is -2.72. The Morgan fingerprint density at radius 1 is 0.933 bits per heavy atom. The summed E-state index contributed by atoms with van der Waals surface area (Å²) in [6.07, 6.45) is 9.62. The second-order valence-electron chi connectivity index (χ2n) is 18.0. The van der Waals surface area contributed by atoms with Crippen LogP contribution in [0.5, 0.6) is 0 Å². The highest BCUT2D eigenvalue weighted by molar-refractivity contribution is 5.78. The number of allylic oxidation sites excluding steroid dienone is 3. The van der Waals surface area contributed by atoms with Gasteiger partial charge in [0, 0.05) is 10.8 Å². The van der Waals surface area contributed by atoms with Crippen molar-refractivity contribution < 1.29 is 19.0 Å². The van der Waals surface area contributed by atoms with Gasteiger partial charge in [0.1, 0.15) is 6.61 Å². The highest BCUT2D eigenvalue weighted by atomic mass is 16.7. The highest BCUT2D eigenvalue weighted by Crippen LogP contribution is 2.79. The number of hydrogen-bond acceptors (Lipinski definition) is 4. The van der Waals surface area contributed by atoms with Gasteiger partial charge in [-0.15, -0.1) is 0 Å². The zero-order valence-corrected chi connectivity index (χ0v) is 29.5. The molecule has 45 heavy (non-hydrogen) atoms. The quantitative estimate of drug-likeness (QED) is 0.250. The van der Waals surface area contributed by atoms with Gasteiger partial charge in [0.2, 0.25) is 0 Å². The molecule has 0 spiro atoms. The molecular weight excluding hydrogens is 556 g/mol. The summed E-state index contributed by atoms with van der Waals surface area (Å²) in [4.78, 5) is 14.6. The molecule has 4 heteroatoms. The van der Waals surface area contributed by atoms with E-state index in [4.69, 9.17) is 14.2 Å². The Morgan fingerprint density at radius 2 is 1.62 bits per heavy atom. The molecule has 5 fully saturated rings. The third-order valence-corrected chi connectivity index (χ3v) is 15.6.